The van der Waals surface area contributed by atoms with E-state index in [4.69, 9.17) is 9.47 Å². The van der Waals surface area contributed by atoms with Gasteiger partial charge in [-0.25, -0.2) is 9.31 Å². The van der Waals surface area contributed by atoms with Crippen molar-refractivity contribution in [2.24, 2.45) is 0 Å². The molecule has 0 bridgehead atoms. The Balaban J connectivity index is 1.82. The monoisotopic (exact) mass is 455 g/mol. The Morgan fingerprint density at radius 2 is 1.94 bits per heavy atom. The van der Waals surface area contributed by atoms with E-state index < -0.39 is 23.6 Å². The summed E-state index contributed by atoms with van der Waals surface area (Å²) in [5.74, 6) is -1.15. The molecular weight excluding hydrogens is 432 g/mol. The number of rotatable bonds is 6. The zero-order valence-corrected chi connectivity index (χ0v) is 18.7. The molecule has 0 saturated heterocycles. The lowest BCUT2D eigenvalue weighted by Gasteiger charge is -2.22. The summed E-state index contributed by atoms with van der Waals surface area (Å²) in [4.78, 5) is 12.7. The Morgan fingerprint density at radius 1 is 1.24 bits per heavy atom. The van der Waals surface area contributed by atoms with Crippen LogP contribution in [0.25, 0.3) is 16.6 Å². The molecule has 1 aliphatic rings. The summed E-state index contributed by atoms with van der Waals surface area (Å²) in [5.41, 5.74) is 1.15. The lowest BCUT2D eigenvalue weighted by Crippen LogP contribution is -2.25. The zero-order chi connectivity index (χ0) is 24.0. The molecule has 0 spiro atoms. The molecule has 0 unspecified atom stereocenters. The van der Waals surface area contributed by atoms with Crippen LogP contribution in [0.2, 0.25) is 0 Å². The third kappa shape index (κ3) is 4.33. The number of hydrogen-bond acceptors (Lipinski definition) is 6. The number of alkyl halides is 2. The van der Waals surface area contributed by atoms with Crippen LogP contribution in [0.3, 0.4) is 0 Å². The number of hydrogen-bond donors (Lipinski definition) is 0. The molecule has 2 aromatic heterocycles. The van der Waals surface area contributed by atoms with Crippen LogP contribution < -0.4 is 9.47 Å². The van der Waals surface area contributed by atoms with E-state index in [2.05, 4.69) is 15.9 Å². The topological polar surface area (TPSA) is 85.9 Å². The number of nitrogens with zero attached hydrogens (tertiary/aromatic N) is 3. The molecule has 0 N–H and O–H groups in total. The molecular formula is C24H23F2N3O4. The van der Waals surface area contributed by atoms with Crippen LogP contribution in [0.4, 0.5) is 8.78 Å². The molecule has 0 aliphatic heterocycles. The number of aromatic nitrogens is 2. The number of ether oxygens (including phenoxy) is 3. The highest BCUT2D eigenvalue weighted by Crippen LogP contribution is 2.47. The zero-order valence-electron chi connectivity index (χ0n) is 18.7. The first kappa shape index (κ1) is 22.5. The summed E-state index contributed by atoms with van der Waals surface area (Å²) >= 11 is 0. The number of nitriles is 1. The van der Waals surface area contributed by atoms with Crippen molar-refractivity contribution >= 4 is 11.5 Å². The van der Waals surface area contributed by atoms with Gasteiger partial charge < -0.3 is 14.2 Å². The van der Waals surface area contributed by atoms with E-state index >= 15 is 0 Å². The largest absolute Gasteiger partial charge is 0.496 e. The predicted octanol–water partition coefficient (Wildman–Crippen LogP) is 5.12. The quantitative estimate of drug-likeness (QED) is 0.480. The maximum absolute atomic E-state index is 13.2. The van der Waals surface area contributed by atoms with Gasteiger partial charge in [-0.3, -0.25) is 0 Å². The standard InChI is InChI=1S/C24H23F2N3O4/c1-23(2,3)33-21(30)20-18(31-4)9-14(10-19(20)32-22(25)26)16-11-28-29-12-15(5-6-17(16)29)24(13-27)7-8-24/h5-6,9-12,22H,7-8H2,1-4H3. The smallest absolute Gasteiger partial charge is 0.387 e. The Hall–Kier alpha value is -3.67. The van der Waals surface area contributed by atoms with E-state index in [1.54, 1.807) is 43.7 Å². The van der Waals surface area contributed by atoms with E-state index in [9.17, 15) is 18.8 Å². The molecule has 33 heavy (non-hydrogen) atoms. The molecule has 0 atom stereocenters. The fourth-order valence-electron chi connectivity index (χ4n) is 3.71. The van der Waals surface area contributed by atoms with Crippen molar-refractivity contribution in [1.82, 2.24) is 9.61 Å². The third-order valence-electron chi connectivity index (χ3n) is 5.45. The molecule has 4 rings (SSSR count). The van der Waals surface area contributed by atoms with Crippen LogP contribution in [0, 0.1) is 11.3 Å². The summed E-state index contributed by atoms with van der Waals surface area (Å²) in [6.45, 7) is 1.86. The molecule has 172 valence electrons. The number of carbonyl (C=O) groups is 1. The Labute approximate surface area is 189 Å². The molecule has 1 aromatic carbocycles. The van der Waals surface area contributed by atoms with Crippen molar-refractivity contribution in [2.75, 3.05) is 7.11 Å². The van der Waals surface area contributed by atoms with Crippen LogP contribution in [0.1, 0.15) is 49.5 Å². The highest BCUT2D eigenvalue weighted by molar-refractivity contribution is 5.98. The number of esters is 1. The van der Waals surface area contributed by atoms with Gasteiger partial charge in [-0.1, -0.05) is 6.07 Å². The van der Waals surface area contributed by atoms with Gasteiger partial charge in [-0.15, -0.1) is 0 Å². The number of carbonyl (C=O) groups excluding carboxylic acids is 1. The van der Waals surface area contributed by atoms with Crippen molar-refractivity contribution in [3.8, 4) is 28.7 Å². The van der Waals surface area contributed by atoms with Gasteiger partial charge in [0.2, 0.25) is 0 Å². The molecule has 0 radical (unpaired) electrons. The van der Waals surface area contributed by atoms with E-state index in [0.717, 1.165) is 18.4 Å². The number of methoxy groups -OCH3 is 1. The first-order valence-electron chi connectivity index (χ1n) is 10.4. The summed E-state index contributed by atoms with van der Waals surface area (Å²) < 4.78 is 43.4. The third-order valence-corrected chi connectivity index (χ3v) is 5.45. The predicted molar refractivity (Wildman–Crippen MR) is 116 cm³/mol. The fraction of sp³-hybridized carbons (Fsp3) is 0.375. The second kappa shape index (κ2) is 8.03. The molecule has 0 amide bonds. The van der Waals surface area contributed by atoms with Gasteiger partial charge in [0.25, 0.3) is 0 Å². The van der Waals surface area contributed by atoms with Crippen LogP contribution >= 0.6 is 0 Å². The van der Waals surface area contributed by atoms with Crippen molar-refractivity contribution in [3.05, 3.63) is 47.8 Å². The van der Waals surface area contributed by atoms with Crippen LogP contribution in [0.5, 0.6) is 11.5 Å². The summed E-state index contributed by atoms with van der Waals surface area (Å²) in [5, 5.41) is 13.8. The average molecular weight is 455 g/mol. The van der Waals surface area contributed by atoms with Gasteiger partial charge in [0, 0.05) is 11.8 Å². The fourth-order valence-corrected chi connectivity index (χ4v) is 3.71. The highest BCUT2D eigenvalue weighted by atomic mass is 19.3. The first-order valence-corrected chi connectivity index (χ1v) is 10.4. The van der Waals surface area contributed by atoms with Crippen molar-refractivity contribution in [2.45, 2.75) is 51.2 Å². The summed E-state index contributed by atoms with van der Waals surface area (Å²) in [6, 6.07) is 8.96. The highest BCUT2D eigenvalue weighted by Gasteiger charge is 2.45. The van der Waals surface area contributed by atoms with Crippen molar-refractivity contribution < 1.29 is 27.8 Å². The van der Waals surface area contributed by atoms with E-state index in [0.29, 0.717) is 16.6 Å². The average Bonchev–Trinajstić information content (AvgIpc) is 3.43. The first-order chi connectivity index (χ1) is 15.6. The second-order valence-electron chi connectivity index (χ2n) is 8.93. The van der Waals surface area contributed by atoms with Gasteiger partial charge in [0.05, 0.1) is 30.3 Å². The molecule has 9 heteroatoms. The van der Waals surface area contributed by atoms with Crippen LogP contribution in [0.15, 0.2) is 36.7 Å². The van der Waals surface area contributed by atoms with Gasteiger partial charge in [-0.05, 0) is 62.9 Å². The van der Waals surface area contributed by atoms with Gasteiger partial charge >= 0.3 is 12.6 Å². The minimum atomic E-state index is -3.15. The summed E-state index contributed by atoms with van der Waals surface area (Å²) in [6.07, 6.45) is 5.00. The van der Waals surface area contributed by atoms with E-state index in [1.165, 1.54) is 13.2 Å². The molecule has 1 saturated carbocycles. The number of pyridine rings is 1. The Kier molecular flexibility index (Phi) is 5.48. The lowest BCUT2D eigenvalue weighted by molar-refractivity contribution is -0.0509. The minimum Gasteiger partial charge on any atom is -0.496 e. The number of halogens is 2. The summed E-state index contributed by atoms with van der Waals surface area (Å²) in [7, 11) is 1.33. The molecule has 3 aromatic rings. The van der Waals surface area contributed by atoms with Gasteiger partial charge in [0.15, 0.2) is 0 Å². The molecule has 1 aliphatic carbocycles. The van der Waals surface area contributed by atoms with E-state index in [1.807, 2.05) is 12.1 Å². The second-order valence-corrected chi connectivity index (χ2v) is 8.93. The van der Waals surface area contributed by atoms with Crippen LogP contribution in [-0.4, -0.2) is 34.9 Å². The molecule has 2 heterocycles. The molecule has 7 nitrogen and oxygen atoms in total. The van der Waals surface area contributed by atoms with E-state index in [-0.39, 0.29) is 17.1 Å². The Morgan fingerprint density at radius 3 is 2.52 bits per heavy atom. The van der Waals surface area contributed by atoms with Gasteiger partial charge in [0.1, 0.15) is 22.7 Å². The number of benzene rings is 1. The van der Waals surface area contributed by atoms with Crippen LogP contribution in [-0.2, 0) is 10.2 Å². The maximum Gasteiger partial charge on any atom is 0.387 e. The Bertz CT molecular complexity index is 1270. The maximum atomic E-state index is 13.2. The van der Waals surface area contributed by atoms with Crippen molar-refractivity contribution in [3.63, 3.8) is 0 Å². The number of fused-ring (bicyclic) bond motifs is 1. The lowest BCUT2D eigenvalue weighted by atomic mass is 9.98. The normalized spacial score (nSPS) is 14.7. The van der Waals surface area contributed by atoms with Gasteiger partial charge in [-0.2, -0.15) is 19.1 Å². The van der Waals surface area contributed by atoms with Crippen molar-refractivity contribution in [1.29, 1.82) is 5.26 Å². The minimum absolute atomic E-state index is 0.0368. The molecule has 1 fully saturated rings. The SMILES string of the molecule is COc1cc(-c2cnn3cc(C4(C#N)CC4)ccc23)cc(OC(F)F)c1C(=O)OC(C)(C)C.